The summed E-state index contributed by atoms with van der Waals surface area (Å²) in [5, 5.41) is 20.4. The van der Waals surface area contributed by atoms with Crippen LogP contribution in [-0.2, 0) is 38.4 Å². The maximum absolute atomic E-state index is 10.4. The van der Waals surface area contributed by atoms with Crippen LogP contribution in [0, 0.1) is 0 Å². The van der Waals surface area contributed by atoms with Crippen LogP contribution in [0.15, 0.2) is 97.6 Å². The fourth-order valence-corrected chi connectivity index (χ4v) is 2.43. The first-order chi connectivity index (χ1) is 19.1. The number of rotatable bonds is 6. The molecule has 0 aliphatic carbocycles. The summed E-state index contributed by atoms with van der Waals surface area (Å²) in [6, 6.07) is 17.3. The predicted molar refractivity (Wildman–Crippen MR) is 165 cm³/mol. The normalized spacial score (nSPS) is 7.66. The molecule has 0 saturated heterocycles. The fourth-order valence-electron chi connectivity index (χ4n) is 2.43. The van der Waals surface area contributed by atoms with Gasteiger partial charge >= 0.3 is 16.5 Å². The molecule has 0 bridgehead atoms. The van der Waals surface area contributed by atoms with Gasteiger partial charge in [0, 0.05) is 47.0 Å². The van der Waals surface area contributed by atoms with Crippen molar-refractivity contribution in [1.82, 2.24) is 9.97 Å². The molecule has 0 unspecified atom stereocenters. The molecular weight excluding hydrogens is 675 g/mol. The molecule has 47 heavy (non-hydrogen) atoms. The van der Waals surface area contributed by atoms with Crippen molar-refractivity contribution in [2.75, 3.05) is 0 Å². The molecule has 19 heteroatoms. The number of aldehydes is 2. The monoisotopic (exact) mass is 712 g/mol. The van der Waals surface area contributed by atoms with Crippen molar-refractivity contribution in [2.24, 2.45) is 11.5 Å². The standard InChI is InChI=1S/2C8H6O3.2C6H6N2O.Ni.6H2O/c2*9-5-6-1-3-7(4-2-6)8(10)11;2*7-6(9)5-1-3-8-4-2-5;;;;;;;/h2*1-5H,(H,10,11);2*1-4H,(H2,7,9);;6*1H2/q;;;;+2;;;;;;/p+2. The first kappa shape index (κ1) is 56.9. The van der Waals surface area contributed by atoms with E-state index in [1.165, 1.54) is 73.3 Å². The van der Waals surface area contributed by atoms with E-state index in [1.54, 1.807) is 24.3 Å². The van der Waals surface area contributed by atoms with Crippen LogP contribution in [0.5, 0.6) is 0 Å². The van der Waals surface area contributed by atoms with Gasteiger partial charge in [0.2, 0.25) is 11.8 Å². The summed E-state index contributed by atoms with van der Waals surface area (Å²) in [4.78, 5) is 68.9. The number of aromatic nitrogens is 2. The topological polar surface area (TPSA) is 421 Å². The molecule has 2 heterocycles. The van der Waals surface area contributed by atoms with Gasteiger partial charge in [-0.15, -0.1) is 0 Å². The van der Waals surface area contributed by atoms with Crippen molar-refractivity contribution in [1.29, 1.82) is 0 Å². The number of hydrogen-bond donors (Lipinski definition) is 2. The number of carbonyl (C=O) groups excluding carboxylic acids is 6. The molecule has 0 fully saturated rings. The van der Waals surface area contributed by atoms with Crippen LogP contribution in [0.25, 0.3) is 0 Å². The molecular formula is C28H38N4NiO14+4. The first-order valence-corrected chi connectivity index (χ1v) is 11.0. The summed E-state index contributed by atoms with van der Waals surface area (Å²) in [7, 11) is 0. The van der Waals surface area contributed by atoms with Crippen molar-refractivity contribution in [2.45, 2.75) is 0 Å². The van der Waals surface area contributed by atoms with Crippen LogP contribution in [0.2, 0.25) is 0 Å². The Morgan fingerprint density at radius 2 is 0.723 bits per heavy atom. The van der Waals surface area contributed by atoms with Gasteiger partial charge in [-0.2, -0.15) is 0 Å². The minimum Gasteiger partial charge on any atom is -0.545 e. The number of carboxylic acids is 2. The zero-order valence-electron chi connectivity index (χ0n) is 24.3. The Bertz CT molecular complexity index is 1320. The van der Waals surface area contributed by atoms with E-state index >= 15 is 0 Å². The van der Waals surface area contributed by atoms with Gasteiger partial charge in [-0.1, -0.05) is 48.5 Å². The second kappa shape index (κ2) is 31.6. The van der Waals surface area contributed by atoms with Crippen molar-refractivity contribution >= 4 is 36.3 Å². The molecule has 0 radical (unpaired) electrons. The van der Waals surface area contributed by atoms with E-state index in [1.807, 2.05) is 0 Å². The number of carbonyl (C=O) groups is 6. The Balaban J connectivity index is -0.0000000868. The summed E-state index contributed by atoms with van der Waals surface area (Å²) < 4.78 is 0. The van der Waals surface area contributed by atoms with Gasteiger partial charge in [-0.05, 0) is 35.4 Å². The fraction of sp³-hybridized carbons (Fsp3) is 0. The smallest absolute Gasteiger partial charge is 0.545 e. The number of benzene rings is 2. The average molecular weight is 713 g/mol. The van der Waals surface area contributed by atoms with E-state index < -0.39 is 23.8 Å². The number of hydrogen-bond acceptors (Lipinski definition) is 10. The van der Waals surface area contributed by atoms with Gasteiger partial charge in [-0.3, -0.25) is 29.1 Å². The second-order valence-electron chi connectivity index (χ2n) is 7.25. The molecule has 0 spiro atoms. The molecule has 0 atom stereocenters. The maximum atomic E-state index is 10.4. The summed E-state index contributed by atoms with van der Waals surface area (Å²) in [6.07, 6.45) is 7.42. The molecule has 2 aromatic heterocycles. The Hall–Kier alpha value is -5.79. The van der Waals surface area contributed by atoms with Crippen molar-refractivity contribution in [3.63, 3.8) is 0 Å². The van der Waals surface area contributed by atoms with Crippen molar-refractivity contribution < 1.29 is 88.3 Å². The van der Waals surface area contributed by atoms with Crippen LogP contribution in [-0.4, -0.2) is 57.2 Å². The van der Waals surface area contributed by atoms with E-state index in [0.29, 0.717) is 34.8 Å². The summed E-state index contributed by atoms with van der Waals surface area (Å²) in [6.45, 7) is 0. The third-order valence-corrected chi connectivity index (χ3v) is 4.49. The third kappa shape index (κ3) is 23.3. The van der Waals surface area contributed by atoms with Crippen molar-refractivity contribution in [3.8, 4) is 0 Å². The van der Waals surface area contributed by atoms with Crippen LogP contribution in [0.4, 0.5) is 0 Å². The Labute approximate surface area is 276 Å². The van der Waals surface area contributed by atoms with Gasteiger partial charge in [0.05, 0.1) is 11.9 Å². The largest absolute Gasteiger partial charge is 2.00 e. The number of aromatic carboxylic acids is 2. The molecule has 2 amide bonds. The number of nitrogens with zero attached hydrogens (tertiary/aromatic N) is 2. The van der Waals surface area contributed by atoms with Crippen LogP contribution < -0.4 is 21.7 Å². The van der Waals surface area contributed by atoms with Gasteiger partial charge in [-0.25, -0.2) is 0 Å². The minimum atomic E-state index is -1.23. The zero-order valence-corrected chi connectivity index (χ0v) is 25.3. The van der Waals surface area contributed by atoms with Gasteiger partial charge < -0.3 is 64.1 Å². The van der Waals surface area contributed by atoms with E-state index in [9.17, 15) is 39.0 Å². The quantitative estimate of drug-likeness (QED) is 0.109. The SMILES string of the molecule is NC(=O)c1ccncc1.NC(=O)c1ccncc1.O.O.O=Cc1ccc(C(=O)[O-])cc1.O=Cc1ccc(C(=O)[O-])cc1.[Ni+2].[OH3+].[OH3+].[OH3+].[OH3+]. The molecule has 0 aliphatic rings. The number of nitrogens with two attached hydrogens (primary N) is 2. The first-order valence-electron chi connectivity index (χ1n) is 11.0. The molecule has 2 aromatic carbocycles. The van der Waals surface area contributed by atoms with E-state index in [0.717, 1.165) is 0 Å². The number of primary amides is 2. The number of pyridine rings is 2. The molecule has 4 aromatic rings. The van der Waals surface area contributed by atoms with Crippen LogP contribution >= 0.6 is 0 Å². The van der Waals surface area contributed by atoms with Gasteiger partial charge in [0.25, 0.3) is 0 Å². The summed E-state index contributed by atoms with van der Waals surface area (Å²) in [5.74, 6) is -3.31. The molecule has 0 aliphatic heterocycles. The Kier molecular flexibility index (Phi) is 38.3. The van der Waals surface area contributed by atoms with E-state index in [4.69, 9.17) is 11.5 Å². The number of carboxylic acid groups (broad SMARTS) is 2. The average Bonchev–Trinajstić information content (AvgIpc) is 2.99. The van der Waals surface area contributed by atoms with E-state index in [-0.39, 0.29) is 60.5 Å². The van der Waals surface area contributed by atoms with Gasteiger partial charge in [0.1, 0.15) is 12.6 Å². The molecule has 20 N–H and O–H groups in total. The second-order valence-corrected chi connectivity index (χ2v) is 7.25. The molecule has 18 nitrogen and oxygen atoms in total. The molecule has 0 saturated carbocycles. The van der Waals surface area contributed by atoms with Crippen LogP contribution in [0.1, 0.15) is 62.1 Å². The van der Waals surface area contributed by atoms with Crippen LogP contribution in [0.3, 0.4) is 0 Å². The predicted octanol–water partition coefficient (Wildman–Crippen LogP) is -5.25. The Morgan fingerprint density at radius 3 is 0.872 bits per heavy atom. The minimum absolute atomic E-state index is 0. The third-order valence-electron chi connectivity index (χ3n) is 4.49. The Morgan fingerprint density at radius 1 is 0.489 bits per heavy atom. The zero-order chi connectivity index (χ0) is 29.9. The maximum Gasteiger partial charge on any atom is 2.00 e. The van der Waals surface area contributed by atoms with Gasteiger partial charge in [0.15, 0.2) is 0 Å². The summed E-state index contributed by atoms with van der Waals surface area (Å²) in [5.41, 5.74) is 11.9. The number of amides is 2. The molecule has 260 valence electrons. The summed E-state index contributed by atoms with van der Waals surface area (Å²) >= 11 is 0. The van der Waals surface area contributed by atoms with E-state index in [2.05, 4.69) is 9.97 Å². The van der Waals surface area contributed by atoms with Crippen molar-refractivity contribution in [3.05, 3.63) is 131 Å². The molecule has 4 rings (SSSR count).